The molecule has 0 saturated heterocycles. The molecule has 7 heteroatoms. The summed E-state index contributed by atoms with van der Waals surface area (Å²) in [6.45, 7) is 3.47. The molecule has 12 heavy (non-hydrogen) atoms. The van der Waals surface area contributed by atoms with Gasteiger partial charge in [0.1, 0.15) is 4.58 Å². The smallest absolute Gasteiger partial charge is 0.162 e. The molecule has 0 saturated carbocycles. The van der Waals surface area contributed by atoms with Crippen LogP contribution in [-0.2, 0) is 19.2 Å². The fourth-order valence-electron chi connectivity index (χ4n) is 0.733. The molecule has 1 atom stereocenters. The highest BCUT2D eigenvalue weighted by Crippen LogP contribution is 2.24. The van der Waals surface area contributed by atoms with Crippen molar-refractivity contribution >= 4 is 21.9 Å². The molecular weight excluding hydrogens is 204 g/mol. The van der Waals surface area contributed by atoms with Gasteiger partial charge in [-0.15, -0.1) is 4.33 Å². The first-order valence-electron chi connectivity index (χ1n) is 3.22. The molecule has 1 N–H and O–H groups in total. The van der Waals surface area contributed by atoms with E-state index in [9.17, 15) is 8.42 Å². The Hall–Kier alpha value is 0.180. The molecule has 0 aliphatic carbocycles. The van der Waals surface area contributed by atoms with Crippen LogP contribution in [0.3, 0.4) is 0 Å². The van der Waals surface area contributed by atoms with Gasteiger partial charge in [-0.05, 0) is 5.92 Å². The molecule has 0 aliphatic rings. The predicted octanol–water partition coefficient (Wildman–Crippen LogP) is 1.08. The van der Waals surface area contributed by atoms with E-state index in [2.05, 4.69) is 9.37 Å². The SMILES string of the molecule is CC(C)C(SOOO)S(C)(=O)=O. The zero-order valence-electron chi connectivity index (χ0n) is 7.05. The monoisotopic (exact) mass is 216 g/mol. The van der Waals surface area contributed by atoms with Crippen LogP contribution >= 0.6 is 12.0 Å². The van der Waals surface area contributed by atoms with Crippen LogP contribution in [0, 0.1) is 5.92 Å². The van der Waals surface area contributed by atoms with Gasteiger partial charge in [0, 0.05) is 6.26 Å². The maximum atomic E-state index is 11.0. The lowest BCUT2D eigenvalue weighted by atomic mass is 10.3. The second kappa shape index (κ2) is 5.03. The van der Waals surface area contributed by atoms with Crippen molar-refractivity contribution in [1.29, 1.82) is 0 Å². The van der Waals surface area contributed by atoms with Crippen LogP contribution in [0.5, 0.6) is 0 Å². The van der Waals surface area contributed by atoms with Gasteiger partial charge in [0.2, 0.25) is 0 Å². The Labute approximate surface area is 76.0 Å². The minimum absolute atomic E-state index is 0.111. The van der Waals surface area contributed by atoms with Crippen molar-refractivity contribution < 1.29 is 23.0 Å². The van der Waals surface area contributed by atoms with Gasteiger partial charge in [0.05, 0.1) is 12.0 Å². The highest BCUT2D eigenvalue weighted by Gasteiger charge is 2.26. The van der Waals surface area contributed by atoms with Crippen molar-refractivity contribution in [2.45, 2.75) is 18.4 Å². The Morgan fingerprint density at radius 2 is 1.92 bits per heavy atom. The summed E-state index contributed by atoms with van der Waals surface area (Å²) in [5.74, 6) is -0.111. The second-order valence-electron chi connectivity index (χ2n) is 2.68. The van der Waals surface area contributed by atoms with Gasteiger partial charge in [-0.2, -0.15) is 0 Å². The van der Waals surface area contributed by atoms with Crippen LogP contribution in [0.1, 0.15) is 13.8 Å². The second-order valence-corrected chi connectivity index (χ2v) is 5.98. The molecule has 0 spiro atoms. The summed E-state index contributed by atoms with van der Waals surface area (Å²) in [5, 5.41) is 11.1. The Bertz CT molecular complexity index is 210. The summed E-state index contributed by atoms with van der Waals surface area (Å²) >= 11 is 0.576. The van der Waals surface area contributed by atoms with Crippen molar-refractivity contribution in [2.75, 3.05) is 6.26 Å². The Kier molecular flexibility index (Phi) is 5.10. The van der Waals surface area contributed by atoms with Crippen molar-refractivity contribution in [1.82, 2.24) is 0 Å². The van der Waals surface area contributed by atoms with E-state index in [1.165, 1.54) is 0 Å². The van der Waals surface area contributed by atoms with Crippen LogP contribution in [0.25, 0.3) is 0 Å². The molecule has 0 amide bonds. The first-order chi connectivity index (χ1) is 5.39. The van der Waals surface area contributed by atoms with Crippen molar-refractivity contribution in [2.24, 2.45) is 5.92 Å². The summed E-state index contributed by atoms with van der Waals surface area (Å²) in [4.78, 5) is 0. The number of rotatable bonds is 5. The molecule has 0 fully saturated rings. The molecule has 74 valence electrons. The third kappa shape index (κ3) is 4.27. The maximum absolute atomic E-state index is 11.0. The van der Waals surface area contributed by atoms with Gasteiger partial charge >= 0.3 is 0 Å². The van der Waals surface area contributed by atoms with Crippen LogP contribution < -0.4 is 0 Å². The van der Waals surface area contributed by atoms with E-state index < -0.39 is 14.4 Å². The number of hydrogen-bond acceptors (Lipinski definition) is 6. The van der Waals surface area contributed by atoms with Crippen molar-refractivity contribution in [3.63, 3.8) is 0 Å². The quantitative estimate of drug-likeness (QED) is 0.421. The summed E-state index contributed by atoms with van der Waals surface area (Å²) in [7, 11) is -3.19. The van der Waals surface area contributed by atoms with E-state index in [-0.39, 0.29) is 5.92 Å². The average molecular weight is 216 g/mol. The van der Waals surface area contributed by atoms with Crippen LogP contribution in [-0.4, -0.2) is 24.5 Å². The molecule has 5 nitrogen and oxygen atoms in total. The lowest BCUT2D eigenvalue weighted by Crippen LogP contribution is -2.22. The zero-order chi connectivity index (χ0) is 9.78. The third-order valence-corrected chi connectivity index (χ3v) is 4.68. The highest BCUT2D eigenvalue weighted by atomic mass is 32.3. The van der Waals surface area contributed by atoms with Gasteiger partial charge in [0.15, 0.2) is 9.84 Å². The molecule has 0 bridgehead atoms. The summed E-state index contributed by atoms with van der Waals surface area (Å²) < 4.78 is 25.4. The lowest BCUT2D eigenvalue weighted by Gasteiger charge is -2.15. The van der Waals surface area contributed by atoms with E-state index in [0.29, 0.717) is 12.0 Å². The summed E-state index contributed by atoms with van der Waals surface area (Å²) in [5.41, 5.74) is 0. The predicted molar refractivity (Wildman–Crippen MR) is 45.9 cm³/mol. The molecule has 0 aliphatic heterocycles. The average Bonchev–Trinajstić information content (AvgIpc) is 1.84. The van der Waals surface area contributed by atoms with Gasteiger partial charge in [-0.25, -0.2) is 13.7 Å². The molecule has 1 unspecified atom stereocenters. The zero-order valence-corrected chi connectivity index (χ0v) is 8.68. The standard InChI is InChI=1S/C5H12O5S2/c1-4(2)5(11-10-9-6)12(3,7)8/h4-6H,1-3H3. The fraction of sp³-hybridized carbons (Fsp3) is 1.00. The molecule has 0 heterocycles. The normalized spacial score (nSPS) is 15.1. The molecule has 0 aromatic rings. The van der Waals surface area contributed by atoms with Crippen LogP contribution in [0.15, 0.2) is 0 Å². The van der Waals surface area contributed by atoms with Gasteiger partial charge < -0.3 is 0 Å². The molecule has 0 rings (SSSR count). The first kappa shape index (κ1) is 12.2. The van der Waals surface area contributed by atoms with Crippen LogP contribution in [0.2, 0.25) is 0 Å². The largest absolute Gasteiger partial charge is 0.228 e. The van der Waals surface area contributed by atoms with E-state index in [4.69, 9.17) is 5.26 Å². The summed E-state index contributed by atoms with van der Waals surface area (Å²) in [6.07, 6.45) is 1.10. The Morgan fingerprint density at radius 1 is 1.42 bits per heavy atom. The fourth-order valence-corrected chi connectivity index (χ4v) is 2.72. The topological polar surface area (TPSA) is 72.8 Å². The highest BCUT2D eigenvalue weighted by molar-refractivity contribution is 8.10. The molecule has 0 aromatic heterocycles. The third-order valence-electron chi connectivity index (χ3n) is 1.13. The minimum Gasteiger partial charge on any atom is -0.228 e. The lowest BCUT2D eigenvalue weighted by molar-refractivity contribution is -0.432. The van der Waals surface area contributed by atoms with E-state index in [1.54, 1.807) is 13.8 Å². The molecular formula is C5H12O5S2. The van der Waals surface area contributed by atoms with Gasteiger partial charge in [-0.1, -0.05) is 18.9 Å². The maximum Gasteiger partial charge on any atom is 0.162 e. The van der Waals surface area contributed by atoms with E-state index in [1.807, 2.05) is 0 Å². The molecule has 0 radical (unpaired) electrons. The first-order valence-corrected chi connectivity index (χ1v) is 5.98. The van der Waals surface area contributed by atoms with Crippen molar-refractivity contribution in [3.05, 3.63) is 0 Å². The summed E-state index contributed by atoms with van der Waals surface area (Å²) in [6, 6.07) is 0. The number of sulfone groups is 1. The van der Waals surface area contributed by atoms with E-state index in [0.717, 1.165) is 6.26 Å². The Morgan fingerprint density at radius 3 is 2.17 bits per heavy atom. The van der Waals surface area contributed by atoms with E-state index >= 15 is 0 Å². The molecule has 0 aromatic carbocycles. The van der Waals surface area contributed by atoms with Gasteiger partial charge in [0.25, 0.3) is 0 Å². The number of hydrogen-bond donors (Lipinski definition) is 1. The van der Waals surface area contributed by atoms with Crippen molar-refractivity contribution in [3.8, 4) is 0 Å². The van der Waals surface area contributed by atoms with Gasteiger partial charge in [-0.3, -0.25) is 0 Å². The minimum atomic E-state index is -3.19. The van der Waals surface area contributed by atoms with Crippen LogP contribution in [0.4, 0.5) is 0 Å². The Balaban J connectivity index is 4.26.